The van der Waals surface area contributed by atoms with Gasteiger partial charge in [0.25, 0.3) is 0 Å². The van der Waals surface area contributed by atoms with Crippen LogP contribution in [0.25, 0.3) is 0 Å². The van der Waals surface area contributed by atoms with Crippen LogP contribution < -0.4 is 0 Å². The van der Waals surface area contributed by atoms with E-state index in [-0.39, 0.29) is 0 Å². The summed E-state index contributed by atoms with van der Waals surface area (Å²) in [6.45, 7) is 4.11. The fourth-order valence-electron chi connectivity index (χ4n) is 2.64. The van der Waals surface area contributed by atoms with E-state index < -0.39 is 6.10 Å². The number of benzene rings is 1. The summed E-state index contributed by atoms with van der Waals surface area (Å²) in [7, 11) is 1.65. The summed E-state index contributed by atoms with van der Waals surface area (Å²) in [5.41, 5.74) is 2.83. The maximum Gasteiger partial charge on any atom is 0.0900 e. The van der Waals surface area contributed by atoms with E-state index in [1.807, 2.05) is 0 Å². The molecular weight excluding hydrogens is 254 g/mol. The lowest BCUT2D eigenvalue weighted by atomic mass is 10.0. The number of nitrogens with zero attached hydrogens (tertiary/aromatic N) is 1. The Balaban J connectivity index is 1.78. The molecule has 1 aromatic rings. The minimum Gasteiger partial charge on any atom is -0.389 e. The highest BCUT2D eigenvalue weighted by molar-refractivity contribution is 5.27. The Bertz CT molecular complexity index is 397. The molecule has 0 saturated carbocycles. The lowest BCUT2D eigenvalue weighted by Crippen LogP contribution is -2.35. The van der Waals surface area contributed by atoms with Crippen LogP contribution in [0.15, 0.2) is 24.3 Å². The molecule has 1 aromatic carbocycles. The highest BCUT2D eigenvalue weighted by Gasteiger charge is 2.16. The molecule has 4 heteroatoms. The molecule has 20 heavy (non-hydrogen) atoms. The summed E-state index contributed by atoms with van der Waals surface area (Å²) in [5.74, 6) is 0. The number of ether oxygens (including phenoxy) is 2. The second kappa shape index (κ2) is 8.37. The first-order valence-corrected chi connectivity index (χ1v) is 7.33. The van der Waals surface area contributed by atoms with Crippen LogP contribution in [0.2, 0.25) is 0 Å². The lowest BCUT2D eigenvalue weighted by Gasteiger charge is -2.23. The van der Waals surface area contributed by atoms with Crippen molar-refractivity contribution < 1.29 is 14.6 Å². The molecule has 0 aromatic heterocycles. The van der Waals surface area contributed by atoms with Crippen molar-refractivity contribution in [2.75, 3.05) is 40.0 Å². The molecule has 2 rings (SSSR count). The van der Waals surface area contributed by atoms with E-state index in [1.165, 1.54) is 11.1 Å². The molecule has 1 atom stereocenters. The minimum atomic E-state index is -0.433. The third-order valence-corrected chi connectivity index (χ3v) is 3.64. The van der Waals surface area contributed by atoms with Crippen LogP contribution >= 0.6 is 0 Å². The van der Waals surface area contributed by atoms with Gasteiger partial charge >= 0.3 is 0 Å². The predicted molar refractivity (Wildman–Crippen MR) is 78.7 cm³/mol. The smallest absolute Gasteiger partial charge is 0.0900 e. The van der Waals surface area contributed by atoms with Crippen LogP contribution in [-0.2, 0) is 22.4 Å². The Morgan fingerprint density at radius 2 is 2.05 bits per heavy atom. The van der Waals surface area contributed by atoms with Gasteiger partial charge in [0.2, 0.25) is 0 Å². The molecule has 0 bridgehead atoms. The van der Waals surface area contributed by atoms with Crippen molar-refractivity contribution >= 4 is 0 Å². The van der Waals surface area contributed by atoms with Crippen LogP contribution in [0.5, 0.6) is 0 Å². The Hall–Kier alpha value is -0.940. The zero-order valence-corrected chi connectivity index (χ0v) is 12.3. The van der Waals surface area contributed by atoms with Crippen molar-refractivity contribution in [1.82, 2.24) is 4.90 Å². The first-order valence-electron chi connectivity index (χ1n) is 7.33. The summed E-state index contributed by atoms with van der Waals surface area (Å²) in [6, 6.07) is 8.60. The van der Waals surface area contributed by atoms with E-state index in [1.54, 1.807) is 7.11 Å². The quantitative estimate of drug-likeness (QED) is 0.767. The Morgan fingerprint density at radius 3 is 2.85 bits per heavy atom. The SMILES string of the molecule is COCCOCC(O)CN1CCCc2ccccc2C1. The number of hydrogen-bond donors (Lipinski definition) is 1. The van der Waals surface area contributed by atoms with Gasteiger partial charge in [0.1, 0.15) is 0 Å². The monoisotopic (exact) mass is 279 g/mol. The molecule has 1 aliphatic heterocycles. The molecule has 0 fully saturated rings. The van der Waals surface area contributed by atoms with Gasteiger partial charge in [-0.15, -0.1) is 0 Å². The van der Waals surface area contributed by atoms with Crippen LogP contribution in [0.4, 0.5) is 0 Å². The highest BCUT2D eigenvalue weighted by Crippen LogP contribution is 2.18. The molecule has 0 saturated heterocycles. The summed E-state index contributed by atoms with van der Waals surface area (Å²) in [6.07, 6.45) is 1.85. The highest BCUT2D eigenvalue weighted by atomic mass is 16.5. The molecule has 0 aliphatic carbocycles. The number of methoxy groups -OCH3 is 1. The lowest BCUT2D eigenvalue weighted by molar-refractivity contribution is -0.00137. The van der Waals surface area contributed by atoms with Gasteiger partial charge in [-0.1, -0.05) is 24.3 Å². The summed E-state index contributed by atoms with van der Waals surface area (Å²) in [4.78, 5) is 2.32. The van der Waals surface area contributed by atoms with Crippen LogP contribution in [-0.4, -0.2) is 56.1 Å². The maximum atomic E-state index is 10.0. The van der Waals surface area contributed by atoms with Crippen LogP contribution in [0.1, 0.15) is 17.5 Å². The topological polar surface area (TPSA) is 41.9 Å². The van der Waals surface area contributed by atoms with Crippen molar-refractivity contribution in [1.29, 1.82) is 0 Å². The number of rotatable bonds is 7. The van der Waals surface area contributed by atoms with Crippen molar-refractivity contribution in [3.05, 3.63) is 35.4 Å². The van der Waals surface area contributed by atoms with E-state index in [9.17, 15) is 5.11 Å². The minimum absolute atomic E-state index is 0.376. The van der Waals surface area contributed by atoms with Crippen LogP contribution in [0, 0.1) is 0 Å². The maximum absolute atomic E-state index is 10.0. The zero-order valence-electron chi connectivity index (χ0n) is 12.3. The average molecular weight is 279 g/mol. The number of aliphatic hydroxyl groups excluding tert-OH is 1. The summed E-state index contributed by atoms with van der Waals surface area (Å²) in [5, 5.41) is 10.0. The number of aryl methyl sites for hydroxylation is 1. The third kappa shape index (κ3) is 4.87. The van der Waals surface area contributed by atoms with Gasteiger partial charge in [0.05, 0.1) is 25.9 Å². The Labute approximate surface area is 121 Å². The normalized spacial score (nSPS) is 17.5. The first kappa shape index (κ1) is 15.4. The van der Waals surface area contributed by atoms with Gasteiger partial charge in [-0.25, -0.2) is 0 Å². The van der Waals surface area contributed by atoms with E-state index >= 15 is 0 Å². The molecule has 1 heterocycles. The van der Waals surface area contributed by atoms with Gasteiger partial charge in [-0.3, -0.25) is 4.90 Å². The summed E-state index contributed by atoms with van der Waals surface area (Å²) >= 11 is 0. The molecule has 0 radical (unpaired) electrons. The number of β-amino-alcohol motifs (C(OH)–C–C–N with tert-alkyl or cyclic N) is 1. The van der Waals surface area contributed by atoms with E-state index in [0.717, 1.165) is 25.9 Å². The van der Waals surface area contributed by atoms with Gasteiger partial charge in [0, 0.05) is 20.2 Å². The molecule has 4 nitrogen and oxygen atoms in total. The second-order valence-electron chi connectivity index (χ2n) is 5.33. The van der Waals surface area contributed by atoms with E-state index in [4.69, 9.17) is 9.47 Å². The molecule has 112 valence electrons. The average Bonchev–Trinajstić information content (AvgIpc) is 2.65. The predicted octanol–water partition coefficient (Wildman–Crippen LogP) is 1.46. The van der Waals surface area contributed by atoms with Gasteiger partial charge < -0.3 is 14.6 Å². The third-order valence-electron chi connectivity index (χ3n) is 3.64. The van der Waals surface area contributed by atoms with E-state index in [0.29, 0.717) is 26.4 Å². The number of fused-ring (bicyclic) bond motifs is 1. The fraction of sp³-hybridized carbons (Fsp3) is 0.625. The van der Waals surface area contributed by atoms with Gasteiger partial charge in [-0.05, 0) is 30.5 Å². The van der Waals surface area contributed by atoms with Gasteiger partial charge in [-0.2, -0.15) is 0 Å². The number of aliphatic hydroxyl groups is 1. The number of hydrogen-bond acceptors (Lipinski definition) is 4. The second-order valence-corrected chi connectivity index (χ2v) is 5.33. The molecular formula is C16H25NO3. The Morgan fingerprint density at radius 1 is 1.25 bits per heavy atom. The zero-order chi connectivity index (χ0) is 14.2. The van der Waals surface area contributed by atoms with E-state index in [2.05, 4.69) is 29.2 Å². The molecule has 1 unspecified atom stereocenters. The van der Waals surface area contributed by atoms with Crippen LogP contribution in [0.3, 0.4) is 0 Å². The Kier molecular flexibility index (Phi) is 6.47. The van der Waals surface area contributed by atoms with Crippen molar-refractivity contribution in [2.24, 2.45) is 0 Å². The molecule has 0 amide bonds. The first-order chi connectivity index (χ1) is 9.79. The fourth-order valence-corrected chi connectivity index (χ4v) is 2.64. The summed E-state index contributed by atoms with van der Waals surface area (Å²) < 4.78 is 10.3. The largest absolute Gasteiger partial charge is 0.389 e. The van der Waals surface area contributed by atoms with Crippen molar-refractivity contribution in [2.45, 2.75) is 25.5 Å². The van der Waals surface area contributed by atoms with Crippen molar-refractivity contribution in [3.63, 3.8) is 0 Å². The molecule has 1 N–H and O–H groups in total. The molecule has 1 aliphatic rings. The standard InChI is InChI=1S/C16H25NO3/c1-19-9-10-20-13-16(18)12-17-8-4-7-14-5-2-3-6-15(14)11-17/h2-3,5-6,16,18H,4,7-13H2,1H3. The van der Waals surface area contributed by atoms with Crippen molar-refractivity contribution in [3.8, 4) is 0 Å². The van der Waals surface area contributed by atoms with Gasteiger partial charge in [0.15, 0.2) is 0 Å². The molecule has 0 spiro atoms.